The van der Waals surface area contributed by atoms with E-state index in [1.807, 2.05) is 32.1 Å². The third-order valence-electron chi connectivity index (χ3n) is 5.50. The summed E-state index contributed by atoms with van der Waals surface area (Å²) in [4.78, 5) is 16.9. The van der Waals surface area contributed by atoms with Gasteiger partial charge >= 0.3 is 5.97 Å². The molecule has 3 nitrogen and oxygen atoms in total. The summed E-state index contributed by atoms with van der Waals surface area (Å²) in [6.45, 7) is 10.3. The summed E-state index contributed by atoms with van der Waals surface area (Å²) in [5, 5.41) is 0. The second kappa shape index (κ2) is 10.8. The number of carbonyl (C=O) groups is 1. The van der Waals surface area contributed by atoms with E-state index in [1.165, 1.54) is 12.0 Å². The van der Waals surface area contributed by atoms with Gasteiger partial charge in [-0.2, -0.15) is 12.6 Å². The summed E-state index contributed by atoms with van der Waals surface area (Å²) in [5.74, 6) is 1.20. The number of pyridine rings is 1. The molecule has 1 aromatic heterocycles. The van der Waals surface area contributed by atoms with E-state index in [2.05, 4.69) is 44.0 Å². The molecule has 2 aliphatic rings. The van der Waals surface area contributed by atoms with Crippen LogP contribution in [0.2, 0.25) is 0 Å². The average Bonchev–Trinajstić information content (AvgIpc) is 2.86. The summed E-state index contributed by atoms with van der Waals surface area (Å²) in [6.07, 6.45) is 15.3. The van der Waals surface area contributed by atoms with Crippen molar-refractivity contribution in [3.05, 3.63) is 53.9 Å². The number of aromatic nitrogens is 1. The summed E-state index contributed by atoms with van der Waals surface area (Å²) < 4.78 is 5.26. The van der Waals surface area contributed by atoms with Gasteiger partial charge in [0.05, 0.1) is 17.8 Å². The van der Waals surface area contributed by atoms with Crippen LogP contribution in [0.25, 0.3) is 5.57 Å². The Morgan fingerprint density at radius 2 is 1.86 bits per heavy atom. The van der Waals surface area contributed by atoms with Gasteiger partial charge in [0.15, 0.2) is 0 Å². The van der Waals surface area contributed by atoms with Crippen LogP contribution in [0.15, 0.2) is 48.2 Å². The Hall–Kier alpha value is -1.81. The molecule has 1 saturated carbocycles. The van der Waals surface area contributed by atoms with E-state index < -0.39 is 0 Å². The molecule has 0 aromatic carbocycles. The lowest BCUT2D eigenvalue weighted by Gasteiger charge is -2.26. The SMILES string of the molecule is CC.CCC1CCC(C(=O)Oc2ccc(C3=CC(C)(S)C=C(C)C=C3)nc2)CC1. The van der Waals surface area contributed by atoms with Crippen molar-refractivity contribution in [1.29, 1.82) is 0 Å². The van der Waals surface area contributed by atoms with Crippen LogP contribution in [0.1, 0.15) is 72.4 Å². The van der Waals surface area contributed by atoms with Crippen molar-refractivity contribution in [3.63, 3.8) is 0 Å². The van der Waals surface area contributed by atoms with Crippen molar-refractivity contribution in [2.75, 3.05) is 0 Å². The van der Waals surface area contributed by atoms with E-state index in [0.29, 0.717) is 5.75 Å². The van der Waals surface area contributed by atoms with Gasteiger partial charge in [0.2, 0.25) is 0 Å². The Morgan fingerprint density at radius 1 is 1.17 bits per heavy atom. The zero-order valence-corrected chi connectivity index (χ0v) is 19.3. The molecule has 4 heteroatoms. The fraction of sp³-hybridized carbons (Fsp3) is 0.520. The number of allylic oxidation sites excluding steroid dienone is 4. The van der Waals surface area contributed by atoms with Crippen LogP contribution >= 0.6 is 12.6 Å². The van der Waals surface area contributed by atoms with Gasteiger partial charge in [0.1, 0.15) is 5.75 Å². The van der Waals surface area contributed by atoms with Gasteiger partial charge in [-0.1, -0.05) is 57.1 Å². The van der Waals surface area contributed by atoms with E-state index in [1.54, 1.807) is 6.20 Å². The zero-order chi connectivity index (χ0) is 21.4. The van der Waals surface area contributed by atoms with Crippen molar-refractivity contribution >= 4 is 24.2 Å². The minimum atomic E-state index is -0.326. The summed E-state index contributed by atoms with van der Waals surface area (Å²) in [6, 6.07) is 3.73. The number of esters is 1. The Bertz CT molecular complexity index is 767. The number of ether oxygens (including phenoxy) is 1. The van der Waals surface area contributed by atoms with Crippen molar-refractivity contribution < 1.29 is 9.53 Å². The van der Waals surface area contributed by atoms with Crippen molar-refractivity contribution in [3.8, 4) is 5.75 Å². The van der Waals surface area contributed by atoms with Crippen molar-refractivity contribution in [1.82, 2.24) is 4.98 Å². The van der Waals surface area contributed by atoms with Gasteiger partial charge in [-0.3, -0.25) is 9.78 Å². The van der Waals surface area contributed by atoms with E-state index in [0.717, 1.165) is 42.9 Å². The topological polar surface area (TPSA) is 39.2 Å². The maximum Gasteiger partial charge on any atom is 0.314 e. The largest absolute Gasteiger partial charge is 0.425 e. The van der Waals surface area contributed by atoms with Crippen LogP contribution in [0, 0.1) is 11.8 Å². The molecule has 2 aliphatic carbocycles. The molecule has 1 fully saturated rings. The third kappa shape index (κ3) is 6.88. The number of carbonyl (C=O) groups excluding carboxylic acids is 1. The lowest BCUT2D eigenvalue weighted by Crippen LogP contribution is -2.25. The lowest BCUT2D eigenvalue weighted by atomic mass is 9.81. The molecule has 29 heavy (non-hydrogen) atoms. The fourth-order valence-corrected chi connectivity index (χ4v) is 4.25. The molecular weight excluding hydrogens is 378 g/mol. The van der Waals surface area contributed by atoms with Gasteiger partial charge in [0.25, 0.3) is 0 Å². The zero-order valence-electron chi connectivity index (χ0n) is 18.4. The van der Waals surface area contributed by atoms with Crippen LogP contribution in [0.5, 0.6) is 5.75 Å². The second-order valence-electron chi connectivity index (χ2n) is 7.97. The molecule has 1 heterocycles. The Balaban J connectivity index is 0.00000145. The Labute approximate surface area is 181 Å². The van der Waals surface area contributed by atoms with Crippen LogP contribution in [-0.4, -0.2) is 15.7 Å². The number of rotatable bonds is 4. The molecule has 0 bridgehead atoms. The molecule has 1 aromatic rings. The maximum absolute atomic E-state index is 12.4. The molecule has 158 valence electrons. The highest BCUT2D eigenvalue weighted by Crippen LogP contribution is 2.32. The van der Waals surface area contributed by atoms with E-state index in [-0.39, 0.29) is 16.6 Å². The minimum absolute atomic E-state index is 0.0268. The third-order valence-corrected chi connectivity index (χ3v) is 5.76. The molecule has 0 amide bonds. The first-order chi connectivity index (χ1) is 13.9. The van der Waals surface area contributed by atoms with Crippen LogP contribution in [-0.2, 0) is 4.79 Å². The molecule has 0 aliphatic heterocycles. The van der Waals surface area contributed by atoms with Gasteiger partial charge < -0.3 is 4.74 Å². The smallest absolute Gasteiger partial charge is 0.314 e. The molecule has 0 N–H and O–H groups in total. The molecule has 0 spiro atoms. The molecule has 1 unspecified atom stereocenters. The minimum Gasteiger partial charge on any atom is -0.425 e. The average molecular weight is 414 g/mol. The highest BCUT2D eigenvalue weighted by Gasteiger charge is 2.27. The van der Waals surface area contributed by atoms with E-state index in [4.69, 9.17) is 17.4 Å². The summed E-state index contributed by atoms with van der Waals surface area (Å²) in [5.41, 5.74) is 3.02. The number of hydrogen-bond donors (Lipinski definition) is 1. The molecular formula is C25H35NO2S. The lowest BCUT2D eigenvalue weighted by molar-refractivity contribution is -0.140. The summed E-state index contributed by atoms with van der Waals surface area (Å²) in [7, 11) is 0. The number of nitrogens with zero attached hydrogens (tertiary/aromatic N) is 1. The van der Waals surface area contributed by atoms with Crippen molar-refractivity contribution in [2.45, 2.75) is 71.5 Å². The predicted molar refractivity (Wildman–Crippen MR) is 125 cm³/mol. The number of hydrogen-bond acceptors (Lipinski definition) is 4. The van der Waals surface area contributed by atoms with Crippen molar-refractivity contribution in [2.24, 2.45) is 11.8 Å². The highest BCUT2D eigenvalue weighted by atomic mass is 32.1. The normalized spacial score (nSPS) is 26.4. The Morgan fingerprint density at radius 3 is 2.45 bits per heavy atom. The quantitative estimate of drug-likeness (QED) is 0.435. The monoisotopic (exact) mass is 413 g/mol. The molecule has 1 atom stereocenters. The first kappa shape index (κ1) is 23.5. The maximum atomic E-state index is 12.4. The second-order valence-corrected chi connectivity index (χ2v) is 8.94. The highest BCUT2D eigenvalue weighted by molar-refractivity contribution is 7.82. The van der Waals surface area contributed by atoms with Crippen LogP contribution in [0.4, 0.5) is 0 Å². The van der Waals surface area contributed by atoms with E-state index in [9.17, 15) is 4.79 Å². The van der Waals surface area contributed by atoms with Gasteiger partial charge in [-0.15, -0.1) is 0 Å². The standard InChI is InChI=1S/C23H29NO2S.C2H6/c1-4-17-6-9-18(10-7-17)22(25)26-20-11-12-21(24-15-20)19-8-5-16(2)13-23(3,27)14-19;1-2/h5,8,11-15,17-18,27H,4,6-7,9-10H2,1-3H3;1-2H3. The van der Waals surface area contributed by atoms with Gasteiger partial charge in [-0.05, 0) is 63.2 Å². The molecule has 0 radical (unpaired) electrons. The molecule has 3 rings (SSSR count). The van der Waals surface area contributed by atoms with Gasteiger partial charge in [0, 0.05) is 4.75 Å². The molecule has 0 saturated heterocycles. The first-order valence-electron chi connectivity index (χ1n) is 10.9. The summed E-state index contributed by atoms with van der Waals surface area (Å²) >= 11 is 4.70. The fourth-order valence-electron chi connectivity index (χ4n) is 3.91. The predicted octanol–water partition coefficient (Wildman–Crippen LogP) is 6.82. The van der Waals surface area contributed by atoms with E-state index >= 15 is 0 Å². The van der Waals surface area contributed by atoms with Crippen LogP contribution < -0.4 is 4.74 Å². The Kier molecular flexibility index (Phi) is 8.76. The number of thiol groups is 1. The van der Waals surface area contributed by atoms with Gasteiger partial charge in [-0.25, -0.2) is 0 Å². The first-order valence-corrected chi connectivity index (χ1v) is 11.3. The van der Waals surface area contributed by atoms with Crippen LogP contribution in [0.3, 0.4) is 0 Å².